The number of anilines is 1. The van der Waals surface area contributed by atoms with Crippen LogP contribution >= 0.6 is 11.3 Å². The minimum absolute atomic E-state index is 0.196. The summed E-state index contributed by atoms with van der Waals surface area (Å²) in [5.41, 5.74) is 1.40. The van der Waals surface area contributed by atoms with Crippen molar-refractivity contribution in [2.75, 3.05) is 18.4 Å². The predicted octanol–water partition coefficient (Wildman–Crippen LogP) is 5.23. The lowest BCUT2D eigenvalue weighted by Crippen LogP contribution is -2.40. The van der Waals surface area contributed by atoms with Crippen LogP contribution in [0.5, 0.6) is 0 Å². The van der Waals surface area contributed by atoms with Crippen LogP contribution in [-0.4, -0.2) is 45.1 Å². The molecule has 3 aromatic rings. The van der Waals surface area contributed by atoms with E-state index in [1.54, 1.807) is 29.8 Å². The van der Waals surface area contributed by atoms with Crippen LogP contribution in [0.15, 0.2) is 36.7 Å². The quantitative estimate of drug-likeness (QED) is 0.526. The Labute approximate surface area is 187 Å². The molecule has 6 nitrogen and oxygen atoms in total. The number of carboxylic acids is 1. The summed E-state index contributed by atoms with van der Waals surface area (Å²) in [7, 11) is 0. The number of carboxylic acid groups (broad SMARTS) is 1. The number of benzene rings is 1. The van der Waals surface area contributed by atoms with E-state index >= 15 is 0 Å². The van der Waals surface area contributed by atoms with Gasteiger partial charge in [0.15, 0.2) is 0 Å². The minimum atomic E-state index is -0.877. The highest BCUT2D eigenvalue weighted by Gasteiger charge is 2.25. The number of hydrogen-bond donors (Lipinski definition) is 2. The fourth-order valence-corrected chi connectivity index (χ4v) is 5.50. The van der Waals surface area contributed by atoms with Gasteiger partial charge in [0, 0.05) is 30.1 Å². The third-order valence-corrected chi connectivity index (χ3v) is 7.09. The highest BCUT2D eigenvalue weighted by Crippen LogP contribution is 2.31. The van der Waals surface area contributed by atoms with Crippen LogP contribution in [0, 0.1) is 5.92 Å². The second-order valence-electron chi connectivity index (χ2n) is 8.81. The number of piperidine rings is 1. The average Bonchev–Trinajstić information content (AvgIpc) is 3.16. The number of hydrogen-bond acceptors (Lipinski definition) is 6. The van der Waals surface area contributed by atoms with E-state index in [0.29, 0.717) is 17.5 Å². The van der Waals surface area contributed by atoms with E-state index < -0.39 is 5.97 Å². The predicted molar refractivity (Wildman–Crippen MR) is 126 cm³/mol. The number of fused-ring (bicyclic) bond motifs is 1. The van der Waals surface area contributed by atoms with Crippen LogP contribution in [0.4, 0.5) is 5.82 Å². The molecule has 2 N–H and O–H groups in total. The fraction of sp³-hybridized carbons (Fsp3) is 0.458. The number of thiophene rings is 1. The van der Waals surface area contributed by atoms with Crippen molar-refractivity contribution in [3.05, 3.63) is 52.7 Å². The van der Waals surface area contributed by atoms with Gasteiger partial charge in [0.1, 0.15) is 17.0 Å². The lowest BCUT2D eigenvalue weighted by molar-refractivity contribution is 0.0696. The van der Waals surface area contributed by atoms with E-state index in [1.807, 2.05) is 12.1 Å². The number of likely N-dealkylation sites (tertiary alicyclic amines) is 1. The number of aromatic carboxylic acids is 1. The molecule has 1 saturated heterocycles. The highest BCUT2D eigenvalue weighted by atomic mass is 32.1. The zero-order valence-corrected chi connectivity index (χ0v) is 19.2. The molecule has 0 aliphatic carbocycles. The van der Waals surface area contributed by atoms with Gasteiger partial charge in [-0.05, 0) is 55.9 Å². The molecule has 164 valence electrons. The summed E-state index contributed by atoms with van der Waals surface area (Å²) in [6, 6.07) is 10.1. The third-order valence-electron chi connectivity index (χ3n) is 6.02. The van der Waals surface area contributed by atoms with Crippen molar-refractivity contribution in [2.45, 2.75) is 52.1 Å². The van der Waals surface area contributed by atoms with E-state index in [2.05, 4.69) is 47.0 Å². The molecule has 1 aromatic carbocycles. The van der Waals surface area contributed by atoms with Crippen LogP contribution in [0.2, 0.25) is 0 Å². The first-order valence-corrected chi connectivity index (χ1v) is 11.8. The smallest absolute Gasteiger partial charge is 0.335 e. The summed E-state index contributed by atoms with van der Waals surface area (Å²) >= 11 is 1.77. The average molecular weight is 439 g/mol. The molecular formula is C24H30N4O2S. The Balaban J connectivity index is 1.40. The second kappa shape index (κ2) is 9.32. The number of nitrogens with zero attached hydrogens (tertiary/aromatic N) is 3. The summed E-state index contributed by atoms with van der Waals surface area (Å²) < 4.78 is 0. The third kappa shape index (κ3) is 5.05. The van der Waals surface area contributed by atoms with E-state index in [0.717, 1.165) is 53.9 Å². The van der Waals surface area contributed by atoms with Gasteiger partial charge in [-0.2, -0.15) is 0 Å². The fourth-order valence-electron chi connectivity index (χ4n) is 4.29. The Kier molecular flexibility index (Phi) is 6.53. The molecule has 3 heterocycles. The van der Waals surface area contributed by atoms with Crippen molar-refractivity contribution in [1.82, 2.24) is 14.9 Å². The van der Waals surface area contributed by atoms with Crippen molar-refractivity contribution >= 4 is 33.3 Å². The molecule has 7 heteroatoms. The number of rotatable bonds is 7. The minimum Gasteiger partial charge on any atom is -0.478 e. The molecule has 1 fully saturated rings. The van der Waals surface area contributed by atoms with E-state index in [-0.39, 0.29) is 6.04 Å². The summed E-state index contributed by atoms with van der Waals surface area (Å²) in [6.45, 7) is 8.56. The maximum absolute atomic E-state index is 11.3. The van der Waals surface area contributed by atoms with Crippen molar-refractivity contribution in [1.29, 1.82) is 0 Å². The molecule has 2 aromatic heterocycles. The van der Waals surface area contributed by atoms with Crippen molar-refractivity contribution in [2.24, 2.45) is 5.92 Å². The number of nitrogens with one attached hydrogen (secondary N) is 1. The molecule has 0 saturated carbocycles. The van der Waals surface area contributed by atoms with E-state index in [4.69, 9.17) is 0 Å². The summed E-state index contributed by atoms with van der Waals surface area (Å²) in [4.78, 5) is 25.1. The molecule has 0 spiro atoms. The van der Waals surface area contributed by atoms with Crippen LogP contribution in [0.25, 0.3) is 10.2 Å². The largest absolute Gasteiger partial charge is 0.478 e. The molecule has 31 heavy (non-hydrogen) atoms. The van der Waals surface area contributed by atoms with Gasteiger partial charge >= 0.3 is 5.97 Å². The van der Waals surface area contributed by atoms with Crippen LogP contribution in [-0.2, 0) is 6.42 Å². The Morgan fingerprint density at radius 1 is 1.23 bits per heavy atom. The Hall–Kier alpha value is -2.51. The Morgan fingerprint density at radius 2 is 2.00 bits per heavy atom. The molecule has 1 unspecified atom stereocenters. The standard InChI is InChI=1S/C24H30N4O2S/c1-15(2)11-20-13-21-22(25-14-26-23(21)31-20)27-19-7-9-28(10-8-19)16(3)17-5-4-6-18(12-17)24(29)30/h4-6,12-16,19H,7-11H2,1-3H3,(H,29,30)(H,25,26,27). The van der Waals surface area contributed by atoms with E-state index in [9.17, 15) is 9.90 Å². The summed E-state index contributed by atoms with van der Waals surface area (Å²) in [5, 5.41) is 14.1. The lowest BCUT2D eigenvalue weighted by Gasteiger charge is -2.36. The van der Waals surface area contributed by atoms with Gasteiger partial charge in [0.05, 0.1) is 10.9 Å². The van der Waals surface area contributed by atoms with Crippen molar-refractivity contribution in [3.8, 4) is 0 Å². The zero-order valence-electron chi connectivity index (χ0n) is 18.3. The van der Waals surface area contributed by atoms with Gasteiger partial charge in [0.25, 0.3) is 0 Å². The Morgan fingerprint density at radius 3 is 2.71 bits per heavy atom. The lowest BCUT2D eigenvalue weighted by atomic mass is 9.99. The molecule has 1 aliphatic rings. The Bertz CT molecular complexity index is 1060. The molecule has 0 amide bonds. The summed E-state index contributed by atoms with van der Waals surface area (Å²) in [5.74, 6) is 0.690. The SMILES string of the molecule is CC(C)Cc1cc2c(NC3CCN(C(C)c4cccc(C(=O)O)c4)CC3)ncnc2s1. The normalized spacial score (nSPS) is 16.6. The highest BCUT2D eigenvalue weighted by molar-refractivity contribution is 7.18. The van der Waals surface area contributed by atoms with Crippen LogP contribution < -0.4 is 5.32 Å². The maximum Gasteiger partial charge on any atom is 0.335 e. The first-order chi connectivity index (χ1) is 14.9. The topological polar surface area (TPSA) is 78.4 Å². The molecule has 1 aliphatic heterocycles. The molecule has 4 rings (SSSR count). The summed E-state index contributed by atoms with van der Waals surface area (Å²) in [6.07, 6.45) is 4.78. The van der Waals surface area contributed by atoms with Gasteiger partial charge in [-0.3, -0.25) is 4.90 Å². The van der Waals surface area contributed by atoms with Gasteiger partial charge in [-0.1, -0.05) is 26.0 Å². The zero-order chi connectivity index (χ0) is 22.0. The number of aromatic nitrogens is 2. The van der Waals surface area contributed by atoms with Gasteiger partial charge in [-0.25, -0.2) is 14.8 Å². The van der Waals surface area contributed by atoms with Crippen LogP contribution in [0.3, 0.4) is 0 Å². The molecule has 1 atom stereocenters. The van der Waals surface area contributed by atoms with Gasteiger partial charge in [0.2, 0.25) is 0 Å². The van der Waals surface area contributed by atoms with Crippen molar-refractivity contribution < 1.29 is 9.90 Å². The van der Waals surface area contributed by atoms with E-state index in [1.165, 1.54) is 4.88 Å². The monoisotopic (exact) mass is 438 g/mol. The van der Waals surface area contributed by atoms with Crippen LogP contribution in [0.1, 0.15) is 60.5 Å². The van der Waals surface area contributed by atoms with Gasteiger partial charge < -0.3 is 10.4 Å². The first kappa shape index (κ1) is 21.7. The van der Waals surface area contributed by atoms with Gasteiger partial charge in [-0.15, -0.1) is 11.3 Å². The number of carbonyl (C=O) groups is 1. The molecular weight excluding hydrogens is 408 g/mol. The maximum atomic E-state index is 11.3. The van der Waals surface area contributed by atoms with Crippen molar-refractivity contribution in [3.63, 3.8) is 0 Å². The molecule has 0 bridgehead atoms. The molecule has 0 radical (unpaired) electrons. The second-order valence-corrected chi connectivity index (χ2v) is 9.93. The first-order valence-electron chi connectivity index (χ1n) is 11.0.